The van der Waals surface area contributed by atoms with E-state index in [4.69, 9.17) is 4.74 Å². The SMILES string of the molecule is COc1c(C(=O)Nc2ccc(NC(C)=O)cc2)cc2ccccc2c1Br. The molecular weight excluding hydrogens is 396 g/mol. The van der Waals surface area contributed by atoms with Crippen molar-refractivity contribution in [2.45, 2.75) is 6.92 Å². The Labute approximate surface area is 159 Å². The van der Waals surface area contributed by atoms with Gasteiger partial charge >= 0.3 is 0 Å². The van der Waals surface area contributed by atoms with Crippen LogP contribution >= 0.6 is 15.9 Å². The van der Waals surface area contributed by atoms with Crippen molar-refractivity contribution in [1.82, 2.24) is 0 Å². The number of ether oxygens (including phenoxy) is 1. The summed E-state index contributed by atoms with van der Waals surface area (Å²) in [6, 6.07) is 16.5. The summed E-state index contributed by atoms with van der Waals surface area (Å²) in [6.45, 7) is 1.44. The van der Waals surface area contributed by atoms with Crippen LogP contribution in [-0.2, 0) is 4.79 Å². The molecular formula is C20H17BrN2O3. The highest BCUT2D eigenvalue weighted by Gasteiger charge is 2.18. The van der Waals surface area contributed by atoms with Crippen LogP contribution in [0.4, 0.5) is 11.4 Å². The molecule has 2 N–H and O–H groups in total. The third kappa shape index (κ3) is 3.70. The molecule has 5 nitrogen and oxygen atoms in total. The van der Waals surface area contributed by atoms with Gasteiger partial charge in [-0.05, 0) is 57.0 Å². The van der Waals surface area contributed by atoms with E-state index in [1.807, 2.05) is 24.3 Å². The number of benzene rings is 3. The van der Waals surface area contributed by atoms with Gasteiger partial charge in [0.05, 0.1) is 17.1 Å². The Morgan fingerprint density at radius 3 is 2.19 bits per heavy atom. The summed E-state index contributed by atoms with van der Waals surface area (Å²) in [7, 11) is 1.54. The van der Waals surface area contributed by atoms with E-state index in [0.717, 1.165) is 15.2 Å². The minimum Gasteiger partial charge on any atom is -0.495 e. The number of nitrogens with one attached hydrogen (secondary N) is 2. The molecule has 3 rings (SSSR count). The van der Waals surface area contributed by atoms with Crippen LogP contribution in [0.25, 0.3) is 10.8 Å². The highest BCUT2D eigenvalue weighted by molar-refractivity contribution is 9.10. The average Bonchev–Trinajstić information content (AvgIpc) is 2.63. The number of amides is 2. The number of fused-ring (bicyclic) bond motifs is 1. The van der Waals surface area contributed by atoms with Crippen molar-refractivity contribution in [3.8, 4) is 5.75 Å². The fourth-order valence-electron chi connectivity index (χ4n) is 2.69. The Morgan fingerprint density at radius 2 is 1.58 bits per heavy atom. The van der Waals surface area contributed by atoms with Gasteiger partial charge in [-0.3, -0.25) is 9.59 Å². The molecule has 0 atom stereocenters. The van der Waals surface area contributed by atoms with Crippen LogP contribution in [0.1, 0.15) is 17.3 Å². The van der Waals surface area contributed by atoms with E-state index in [-0.39, 0.29) is 11.8 Å². The smallest absolute Gasteiger partial charge is 0.259 e. The van der Waals surface area contributed by atoms with Crippen molar-refractivity contribution >= 4 is 49.9 Å². The Hall–Kier alpha value is -2.86. The summed E-state index contributed by atoms with van der Waals surface area (Å²) in [4.78, 5) is 23.8. The molecule has 0 saturated carbocycles. The third-order valence-corrected chi connectivity index (χ3v) is 4.64. The van der Waals surface area contributed by atoms with Gasteiger partial charge in [0.2, 0.25) is 5.91 Å². The zero-order valence-electron chi connectivity index (χ0n) is 14.3. The molecule has 0 fully saturated rings. The molecule has 2 amide bonds. The first-order valence-electron chi connectivity index (χ1n) is 7.94. The van der Waals surface area contributed by atoms with Crippen LogP contribution < -0.4 is 15.4 Å². The van der Waals surface area contributed by atoms with Crippen LogP contribution in [0.3, 0.4) is 0 Å². The Balaban J connectivity index is 1.91. The first kappa shape index (κ1) is 17.9. The quantitative estimate of drug-likeness (QED) is 0.645. The largest absolute Gasteiger partial charge is 0.495 e. The van der Waals surface area contributed by atoms with E-state index in [1.165, 1.54) is 14.0 Å². The fraction of sp³-hybridized carbons (Fsp3) is 0.100. The number of carbonyl (C=O) groups excluding carboxylic acids is 2. The lowest BCUT2D eigenvalue weighted by atomic mass is 10.1. The lowest BCUT2D eigenvalue weighted by Crippen LogP contribution is -2.14. The third-order valence-electron chi connectivity index (χ3n) is 3.85. The number of hydrogen-bond donors (Lipinski definition) is 2. The van der Waals surface area contributed by atoms with Crippen molar-refractivity contribution in [1.29, 1.82) is 0 Å². The fourth-order valence-corrected chi connectivity index (χ4v) is 3.43. The maximum Gasteiger partial charge on any atom is 0.259 e. The summed E-state index contributed by atoms with van der Waals surface area (Å²) in [5, 5.41) is 7.45. The second-order valence-electron chi connectivity index (χ2n) is 5.71. The number of rotatable bonds is 4. The maximum absolute atomic E-state index is 12.8. The number of carbonyl (C=O) groups is 2. The second kappa shape index (κ2) is 7.58. The average molecular weight is 413 g/mol. The van der Waals surface area contributed by atoms with Crippen LogP contribution in [-0.4, -0.2) is 18.9 Å². The molecule has 0 saturated heterocycles. The van der Waals surface area contributed by atoms with E-state index in [0.29, 0.717) is 22.7 Å². The summed E-state index contributed by atoms with van der Waals surface area (Å²) < 4.78 is 6.19. The molecule has 26 heavy (non-hydrogen) atoms. The summed E-state index contributed by atoms with van der Waals surface area (Å²) in [5.74, 6) is 0.0594. The standard InChI is InChI=1S/C20H17BrN2O3/c1-12(24)22-14-7-9-15(10-8-14)23-20(25)17-11-13-5-3-4-6-16(13)18(21)19(17)26-2/h3-11H,1-2H3,(H,22,24)(H,23,25). The van der Waals surface area contributed by atoms with Gasteiger partial charge in [0.25, 0.3) is 5.91 Å². The number of methoxy groups -OCH3 is 1. The van der Waals surface area contributed by atoms with Crippen LogP contribution in [0.15, 0.2) is 59.1 Å². The first-order chi connectivity index (χ1) is 12.5. The van der Waals surface area contributed by atoms with Crippen molar-refractivity contribution in [2.75, 3.05) is 17.7 Å². The normalized spacial score (nSPS) is 10.4. The van der Waals surface area contributed by atoms with Crippen LogP contribution in [0, 0.1) is 0 Å². The highest BCUT2D eigenvalue weighted by atomic mass is 79.9. The zero-order valence-corrected chi connectivity index (χ0v) is 15.9. The Bertz CT molecular complexity index is 984. The number of anilines is 2. The maximum atomic E-state index is 12.8. The molecule has 3 aromatic carbocycles. The number of hydrogen-bond acceptors (Lipinski definition) is 3. The molecule has 6 heteroatoms. The van der Waals surface area contributed by atoms with Crippen molar-refractivity contribution in [3.63, 3.8) is 0 Å². The van der Waals surface area contributed by atoms with Gasteiger partial charge in [-0.25, -0.2) is 0 Å². The molecule has 0 unspecified atom stereocenters. The Kier molecular flexibility index (Phi) is 5.23. The van der Waals surface area contributed by atoms with Gasteiger partial charge in [-0.1, -0.05) is 24.3 Å². The van der Waals surface area contributed by atoms with Crippen molar-refractivity contribution < 1.29 is 14.3 Å². The first-order valence-corrected chi connectivity index (χ1v) is 8.73. The minimum atomic E-state index is -0.277. The van der Waals surface area contributed by atoms with E-state index >= 15 is 0 Å². The molecule has 0 bridgehead atoms. The second-order valence-corrected chi connectivity index (χ2v) is 6.50. The van der Waals surface area contributed by atoms with Crippen LogP contribution in [0.5, 0.6) is 5.75 Å². The van der Waals surface area contributed by atoms with Gasteiger partial charge in [0.1, 0.15) is 5.75 Å². The van der Waals surface area contributed by atoms with E-state index in [2.05, 4.69) is 26.6 Å². The zero-order chi connectivity index (χ0) is 18.7. The molecule has 3 aromatic rings. The van der Waals surface area contributed by atoms with E-state index in [9.17, 15) is 9.59 Å². The highest BCUT2D eigenvalue weighted by Crippen LogP contribution is 2.36. The molecule has 0 radical (unpaired) electrons. The van der Waals surface area contributed by atoms with E-state index in [1.54, 1.807) is 30.3 Å². The van der Waals surface area contributed by atoms with Gasteiger partial charge in [-0.2, -0.15) is 0 Å². The van der Waals surface area contributed by atoms with E-state index < -0.39 is 0 Å². The molecule has 0 aromatic heterocycles. The van der Waals surface area contributed by atoms with Crippen molar-refractivity contribution in [3.05, 3.63) is 64.6 Å². The van der Waals surface area contributed by atoms with Gasteiger partial charge < -0.3 is 15.4 Å². The van der Waals surface area contributed by atoms with Gasteiger partial charge in [0.15, 0.2) is 0 Å². The lowest BCUT2D eigenvalue weighted by Gasteiger charge is -2.14. The monoisotopic (exact) mass is 412 g/mol. The molecule has 0 heterocycles. The molecule has 0 aliphatic rings. The Morgan fingerprint density at radius 1 is 0.962 bits per heavy atom. The molecule has 0 aliphatic carbocycles. The lowest BCUT2D eigenvalue weighted by molar-refractivity contribution is -0.114. The van der Waals surface area contributed by atoms with Gasteiger partial charge in [-0.15, -0.1) is 0 Å². The summed E-state index contributed by atoms with van der Waals surface area (Å²) in [5.41, 5.74) is 1.72. The number of halogens is 1. The van der Waals surface area contributed by atoms with Crippen LogP contribution in [0.2, 0.25) is 0 Å². The summed E-state index contributed by atoms with van der Waals surface area (Å²) >= 11 is 3.53. The predicted octanol–water partition coefficient (Wildman–Crippen LogP) is 4.82. The minimum absolute atomic E-state index is 0.146. The topological polar surface area (TPSA) is 67.4 Å². The molecule has 132 valence electrons. The molecule has 0 spiro atoms. The van der Waals surface area contributed by atoms with Gasteiger partial charge in [0, 0.05) is 18.3 Å². The predicted molar refractivity (Wildman–Crippen MR) is 107 cm³/mol. The summed E-state index contributed by atoms with van der Waals surface area (Å²) in [6.07, 6.45) is 0. The van der Waals surface area contributed by atoms with Crippen molar-refractivity contribution in [2.24, 2.45) is 0 Å². The molecule has 0 aliphatic heterocycles.